The number of nitrogens with one attached hydrogen (secondary N) is 1. The Morgan fingerprint density at radius 3 is 2.69 bits per heavy atom. The highest BCUT2D eigenvalue weighted by Gasteiger charge is 2.34. The van der Waals surface area contributed by atoms with Gasteiger partial charge in [0.1, 0.15) is 0 Å². The van der Waals surface area contributed by atoms with Crippen molar-refractivity contribution in [3.63, 3.8) is 0 Å². The molecule has 0 bridgehead atoms. The molecule has 4 N–H and O–H groups in total. The van der Waals surface area contributed by atoms with Crippen LogP contribution in [0.15, 0.2) is 0 Å². The number of aliphatic hydroxyl groups is 1. The van der Waals surface area contributed by atoms with Gasteiger partial charge in [0, 0.05) is 19.0 Å². The molecule has 0 saturated carbocycles. The molecule has 5 nitrogen and oxygen atoms in total. The topological polar surface area (TPSA) is 78.6 Å². The summed E-state index contributed by atoms with van der Waals surface area (Å²) in [7, 11) is 0. The highest BCUT2D eigenvalue weighted by Crippen LogP contribution is 2.21. The molecule has 16 heavy (non-hydrogen) atoms. The maximum atomic E-state index is 11.0. The van der Waals surface area contributed by atoms with Gasteiger partial charge in [-0.15, -0.1) is 0 Å². The van der Waals surface area contributed by atoms with Crippen LogP contribution in [0.25, 0.3) is 0 Å². The van der Waals surface area contributed by atoms with E-state index in [9.17, 15) is 9.90 Å². The van der Waals surface area contributed by atoms with Crippen LogP contribution in [0.5, 0.6) is 0 Å². The molecule has 1 atom stereocenters. The van der Waals surface area contributed by atoms with Gasteiger partial charge in [-0.1, -0.05) is 0 Å². The normalized spacial score (nSPS) is 33.1. The molecule has 0 aromatic carbocycles. The molecular formula is C11H21N3O2. The van der Waals surface area contributed by atoms with E-state index < -0.39 is 5.60 Å². The number of hydrogen-bond donors (Lipinski definition) is 3. The van der Waals surface area contributed by atoms with Crippen molar-refractivity contribution in [3.8, 4) is 0 Å². The summed E-state index contributed by atoms with van der Waals surface area (Å²) in [5.74, 6) is -0.145. The Morgan fingerprint density at radius 1 is 1.50 bits per heavy atom. The number of carbonyl (C=O) groups is 1. The van der Waals surface area contributed by atoms with Crippen molar-refractivity contribution in [2.24, 2.45) is 11.7 Å². The van der Waals surface area contributed by atoms with Crippen molar-refractivity contribution in [2.75, 3.05) is 32.7 Å². The Labute approximate surface area is 96.0 Å². The number of piperidine rings is 1. The molecule has 2 fully saturated rings. The van der Waals surface area contributed by atoms with Gasteiger partial charge in [-0.05, 0) is 38.9 Å². The highest BCUT2D eigenvalue weighted by molar-refractivity contribution is 5.76. The lowest BCUT2D eigenvalue weighted by Crippen LogP contribution is -2.48. The summed E-state index contributed by atoms with van der Waals surface area (Å²) < 4.78 is 0. The van der Waals surface area contributed by atoms with E-state index in [0.717, 1.165) is 38.9 Å². The molecule has 2 aliphatic rings. The summed E-state index contributed by atoms with van der Waals surface area (Å²) in [6.45, 7) is 4.04. The largest absolute Gasteiger partial charge is 0.387 e. The Bertz CT molecular complexity index is 256. The summed E-state index contributed by atoms with van der Waals surface area (Å²) in [5.41, 5.74) is 4.72. The van der Waals surface area contributed by atoms with E-state index in [1.165, 1.54) is 0 Å². The SMILES string of the molecule is NC(=O)C1CCN(CC2(O)CCNC2)CC1. The number of nitrogens with two attached hydrogens (primary N) is 1. The average molecular weight is 227 g/mol. The molecule has 1 unspecified atom stereocenters. The summed E-state index contributed by atoms with van der Waals surface area (Å²) in [6.07, 6.45) is 2.49. The summed E-state index contributed by atoms with van der Waals surface area (Å²) in [4.78, 5) is 13.3. The van der Waals surface area contributed by atoms with E-state index in [2.05, 4.69) is 10.2 Å². The Balaban J connectivity index is 1.79. The van der Waals surface area contributed by atoms with Crippen LogP contribution >= 0.6 is 0 Å². The second kappa shape index (κ2) is 4.69. The number of nitrogens with zero attached hydrogens (tertiary/aromatic N) is 1. The molecule has 92 valence electrons. The maximum Gasteiger partial charge on any atom is 0.220 e. The fourth-order valence-electron chi connectivity index (χ4n) is 2.66. The standard InChI is InChI=1S/C11H21N3O2/c12-10(15)9-1-5-14(6-2-9)8-11(16)3-4-13-7-11/h9,13,16H,1-8H2,(H2,12,15). The summed E-state index contributed by atoms with van der Waals surface area (Å²) in [6, 6.07) is 0. The van der Waals surface area contributed by atoms with Gasteiger partial charge < -0.3 is 21.1 Å². The van der Waals surface area contributed by atoms with Crippen LogP contribution < -0.4 is 11.1 Å². The number of rotatable bonds is 3. The molecule has 2 saturated heterocycles. The number of likely N-dealkylation sites (tertiary alicyclic amines) is 1. The van der Waals surface area contributed by atoms with E-state index in [0.29, 0.717) is 13.1 Å². The van der Waals surface area contributed by atoms with Crippen molar-refractivity contribution in [3.05, 3.63) is 0 Å². The molecule has 0 aromatic heterocycles. The molecular weight excluding hydrogens is 206 g/mol. The van der Waals surface area contributed by atoms with Gasteiger partial charge in [0.15, 0.2) is 0 Å². The van der Waals surface area contributed by atoms with Crippen molar-refractivity contribution < 1.29 is 9.90 Å². The maximum absolute atomic E-state index is 11.0. The van der Waals surface area contributed by atoms with E-state index in [4.69, 9.17) is 5.73 Å². The van der Waals surface area contributed by atoms with Crippen LogP contribution in [0.1, 0.15) is 19.3 Å². The van der Waals surface area contributed by atoms with Gasteiger partial charge in [-0.25, -0.2) is 0 Å². The first-order valence-corrected chi connectivity index (χ1v) is 6.04. The zero-order valence-corrected chi connectivity index (χ0v) is 9.61. The summed E-state index contributed by atoms with van der Waals surface area (Å²) in [5, 5.41) is 13.4. The van der Waals surface area contributed by atoms with Crippen LogP contribution in [-0.2, 0) is 4.79 Å². The molecule has 2 aliphatic heterocycles. The number of β-amino-alcohol motifs (C(OH)–C–C–N with tert-alkyl or cyclic N) is 1. The minimum absolute atomic E-state index is 0.0348. The minimum atomic E-state index is -0.570. The predicted octanol–water partition coefficient (Wildman–Crippen LogP) is -1.09. The highest BCUT2D eigenvalue weighted by atomic mass is 16.3. The van der Waals surface area contributed by atoms with Crippen molar-refractivity contribution in [1.82, 2.24) is 10.2 Å². The van der Waals surface area contributed by atoms with E-state index in [1.54, 1.807) is 0 Å². The smallest absolute Gasteiger partial charge is 0.220 e. The number of amides is 1. The van der Waals surface area contributed by atoms with Crippen molar-refractivity contribution in [1.29, 1.82) is 0 Å². The first-order valence-electron chi connectivity index (χ1n) is 6.04. The van der Waals surface area contributed by atoms with E-state index in [1.807, 2.05) is 0 Å². The Kier molecular flexibility index (Phi) is 3.47. The van der Waals surface area contributed by atoms with Gasteiger partial charge in [-0.2, -0.15) is 0 Å². The van der Waals surface area contributed by atoms with Gasteiger partial charge in [0.05, 0.1) is 5.60 Å². The summed E-state index contributed by atoms with van der Waals surface area (Å²) >= 11 is 0. The lowest BCUT2D eigenvalue weighted by molar-refractivity contribution is -0.123. The third kappa shape index (κ3) is 2.72. The third-order valence-corrected chi connectivity index (χ3v) is 3.73. The second-order valence-corrected chi connectivity index (χ2v) is 5.10. The minimum Gasteiger partial charge on any atom is -0.387 e. The van der Waals surface area contributed by atoms with Crippen LogP contribution in [0.4, 0.5) is 0 Å². The molecule has 0 aromatic rings. The zero-order chi connectivity index (χ0) is 11.6. The fourth-order valence-corrected chi connectivity index (χ4v) is 2.66. The number of primary amides is 1. The third-order valence-electron chi connectivity index (χ3n) is 3.73. The number of carbonyl (C=O) groups excluding carboxylic acids is 1. The monoisotopic (exact) mass is 227 g/mol. The fraction of sp³-hybridized carbons (Fsp3) is 0.909. The van der Waals surface area contributed by atoms with Crippen molar-refractivity contribution >= 4 is 5.91 Å². The molecule has 0 aliphatic carbocycles. The van der Waals surface area contributed by atoms with Gasteiger partial charge in [0.2, 0.25) is 5.91 Å². The van der Waals surface area contributed by atoms with Gasteiger partial charge >= 0.3 is 0 Å². The lowest BCUT2D eigenvalue weighted by atomic mass is 9.94. The van der Waals surface area contributed by atoms with Crippen LogP contribution in [0.3, 0.4) is 0 Å². The van der Waals surface area contributed by atoms with Gasteiger partial charge in [-0.3, -0.25) is 4.79 Å². The molecule has 1 amide bonds. The molecule has 0 spiro atoms. The number of hydrogen-bond acceptors (Lipinski definition) is 4. The molecule has 0 radical (unpaired) electrons. The van der Waals surface area contributed by atoms with Crippen molar-refractivity contribution in [2.45, 2.75) is 24.9 Å². The first-order chi connectivity index (χ1) is 7.59. The van der Waals surface area contributed by atoms with E-state index >= 15 is 0 Å². The Morgan fingerprint density at radius 2 is 2.19 bits per heavy atom. The van der Waals surface area contributed by atoms with Crippen LogP contribution in [-0.4, -0.2) is 54.2 Å². The first kappa shape index (κ1) is 11.8. The lowest BCUT2D eigenvalue weighted by Gasteiger charge is -2.35. The Hall–Kier alpha value is -0.650. The quantitative estimate of drug-likeness (QED) is 0.572. The molecule has 2 rings (SSSR count). The predicted molar refractivity (Wildman–Crippen MR) is 60.8 cm³/mol. The zero-order valence-electron chi connectivity index (χ0n) is 9.61. The van der Waals surface area contributed by atoms with Gasteiger partial charge in [0.25, 0.3) is 0 Å². The second-order valence-electron chi connectivity index (χ2n) is 5.10. The van der Waals surface area contributed by atoms with Crippen LogP contribution in [0, 0.1) is 5.92 Å². The average Bonchev–Trinajstić information content (AvgIpc) is 2.65. The molecule has 5 heteroatoms. The molecule has 2 heterocycles. The van der Waals surface area contributed by atoms with Crippen LogP contribution in [0.2, 0.25) is 0 Å². The van der Waals surface area contributed by atoms with E-state index in [-0.39, 0.29) is 11.8 Å².